The molecule has 0 aromatic heterocycles. The smallest absolute Gasteiger partial charge is 0.329 e. The van der Waals surface area contributed by atoms with E-state index in [0.29, 0.717) is 6.07 Å². The van der Waals surface area contributed by atoms with Gasteiger partial charge in [0.1, 0.15) is 17.7 Å². The summed E-state index contributed by atoms with van der Waals surface area (Å²) in [6, 6.07) is 1.08. The third-order valence-electron chi connectivity index (χ3n) is 3.66. The van der Waals surface area contributed by atoms with Crippen LogP contribution in [0.15, 0.2) is 18.2 Å². The van der Waals surface area contributed by atoms with Gasteiger partial charge in [0.25, 0.3) is 0 Å². The molecule has 0 saturated carbocycles. The van der Waals surface area contributed by atoms with E-state index in [2.05, 4.69) is 19.5 Å². The first-order valence-corrected chi connectivity index (χ1v) is 7.69. The molecule has 0 saturated heterocycles. The Kier molecular flexibility index (Phi) is 8.31. The van der Waals surface area contributed by atoms with Crippen molar-refractivity contribution in [2.24, 2.45) is 5.92 Å². The van der Waals surface area contributed by atoms with E-state index < -0.39 is 60.3 Å². The quantitative estimate of drug-likeness (QED) is 0.512. The number of halogens is 2. The fourth-order valence-electron chi connectivity index (χ4n) is 2.26. The summed E-state index contributed by atoms with van der Waals surface area (Å²) in [4.78, 5) is 47.7. The molecule has 1 rings (SSSR count). The molecule has 0 aliphatic rings. The van der Waals surface area contributed by atoms with Gasteiger partial charge in [-0.25, -0.2) is 13.6 Å². The second kappa shape index (κ2) is 10.2. The van der Waals surface area contributed by atoms with Gasteiger partial charge in [0, 0.05) is 6.07 Å². The second-order valence-electron chi connectivity index (χ2n) is 5.39. The van der Waals surface area contributed by atoms with Crippen molar-refractivity contribution in [3.8, 4) is 0 Å². The number of nitrogens with one attached hydrogen (secondary N) is 1. The summed E-state index contributed by atoms with van der Waals surface area (Å²) in [5, 5.41) is 2.22. The van der Waals surface area contributed by atoms with Crippen molar-refractivity contribution >= 4 is 23.8 Å². The molecular weight excluding hydrogens is 368 g/mol. The maximum atomic E-state index is 13.7. The highest BCUT2D eigenvalue weighted by molar-refractivity contribution is 5.91. The van der Waals surface area contributed by atoms with Gasteiger partial charge in [0.05, 0.1) is 40.1 Å². The Morgan fingerprint density at radius 2 is 1.63 bits per heavy atom. The van der Waals surface area contributed by atoms with Gasteiger partial charge in [-0.1, -0.05) is 6.07 Å². The zero-order chi connectivity index (χ0) is 20.6. The Hall–Kier alpha value is -3.04. The molecule has 2 atom stereocenters. The Morgan fingerprint density at radius 3 is 2.15 bits per heavy atom. The summed E-state index contributed by atoms with van der Waals surface area (Å²) < 4.78 is 40.2. The monoisotopic (exact) mass is 387 g/mol. The molecule has 10 heteroatoms. The first kappa shape index (κ1) is 22.0. The molecule has 0 aliphatic heterocycles. The maximum Gasteiger partial charge on any atom is 0.329 e. The van der Waals surface area contributed by atoms with E-state index in [-0.39, 0.29) is 5.56 Å². The summed E-state index contributed by atoms with van der Waals surface area (Å²) >= 11 is 0. The van der Waals surface area contributed by atoms with Crippen LogP contribution in [0.2, 0.25) is 0 Å². The number of amides is 1. The van der Waals surface area contributed by atoms with Crippen LogP contribution in [-0.2, 0) is 39.8 Å². The molecule has 0 radical (unpaired) electrons. The number of hydrogen-bond acceptors (Lipinski definition) is 7. The Morgan fingerprint density at radius 1 is 1.00 bits per heavy atom. The molecule has 0 bridgehead atoms. The Labute approximate surface area is 153 Å². The highest BCUT2D eigenvalue weighted by Gasteiger charge is 2.38. The van der Waals surface area contributed by atoms with Gasteiger partial charge in [-0.05, 0) is 11.6 Å². The molecule has 8 nitrogen and oxygen atoms in total. The van der Waals surface area contributed by atoms with Crippen LogP contribution in [0, 0.1) is 17.6 Å². The third-order valence-corrected chi connectivity index (χ3v) is 3.66. The highest BCUT2D eigenvalue weighted by Crippen LogP contribution is 2.16. The second-order valence-corrected chi connectivity index (χ2v) is 5.39. The van der Waals surface area contributed by atoms with Crippen molar-refractivity contribution in [2.45, 2.75) is 18.9 Å². The molecule has 1 aromatic carbocycles. The van der Waals surface area contributed by atoms with Gasteiger partial charge in [0.2, 0.25) is 5.91 Å². The predicted molar refractivity (Wildman–Crippen MR) is 86.1 cm³/mol. The van der Waals surface area contributed by atoms with Crippen molar-refractivity contribution in [1.29, 1.82) is 0 Å². The lowest BCUT2D eigenvalue weighted by Crippen LogP contribution is -2.50. The molecular formula is C17H19F2NO7. The lowest BCUT2D eigenvalue weighted by molar-refractivity contribution is -0.159. The van der Waals surface area contributed by atoms with Crippen molar-refractivity contribution in [3.05, 3.63) is 35.4 Å². The van der Waals surface area contributed by atoms with Crippen LogP contribution in [0.1, 0.15) is 12.0 Å². The summed E-state index contributed by atoms with van der Waals surface area (Å²) in [5.74, 6) is -6.82. The van der Waals surface area contributed by atoms with Crippen molar-refractivity contribution in [2.75, 3.05) is 21.3 Å². The fraction of sp³-hybridized carbons (Fsp3) is 0.412. The zero-order valence-electron chi connectivity index (χ0n) is 14.9. The normalized spacial score (nSPS) is 12.5. The first-order valence-electron chi connectivity index (χ1n) is 7.69. The minimum absolute atomic E-state index is 0.125. The van der Waals surface area contributed by atoms with Gasteiger partial charge >= 0.3 is 17.9 Å². The van der Waals surface area contributed by atoms with E-state index in [9.17, 15) is 28.0 Å². The molecule has 1 amide bonds. The number of rotatable bonds is 8. The number of carbonyl (C=O) groups is 4. The Balaban J connectivity index is 3.03. The number of carbonyl (C=O) groups excluding carboxylic acids is 4. The number of esters is 3. The van der Waals surface area contributed by atoms with Crippen LogP contribution in [0.3, 0.4) is 0 Å². The van der Waals surface area contributed by atoms with Crippen LogP contribution >= 0.6 is 0 Å². The summed E-state index contributed by atoms with van der Waals surface area (Å²) in [5.41, 5.74) is -0.125. The van der Waals surface area contributed by atoms with Gasteiger partial charge in [-0.3, -0.25) is 14.4 Å². The minimum atomic E-state index is -1.57. The molecule has 1 N–H and O–H groups in total. The summed E-state index contributed by atoms with van der Waals surface area (Å²) in [7, 11) is 3.14. The van der Waals surface area contributed by atoms with Crippen LogP contribution in [0.4, 0.5) is 8.78 Å². The average Bonchev–Trinajstić information content (AvgIpc) is 2.65. The number of ether oxygens (including phenoxy) is 3. The van der Waals surface area contributed by atoms with E-state index in [1.807, 2.05) is 0 Å². The molecule has 0 unspecified atom stereocenters. The topological polar surface area (TPSA) is 108 Å². The molecule has 0 spiro atoms. The van der Waals surface area contributed by atoms with Crippen molar-refractivity contribution in [3.63, 3.8) is 0 Å². The van der Waals surface area contributed by atoms with E-state index >= 15 is 0 Å². The SMILES string of the molecule is COC(=O)C[C@@H](C(=O)OC)[C@@H](NC(=O)Cc1ccc(F)cc1F)C(=O)OC. The van der Waals surface area contributed by atoms with Crippen molar-refractivity contribution in [1.82, 2.24) is 5.32 Å². The van der Waals surface area contributed by atoms with Crippen molar-refractivity contribution < 1.29 is 42.2 Å². The lowest BCUT2D eigenvalue weighted by atomic mass is 9.95. The van der Waals surface area contributed by atoms with Gasteiger partial charge in [-0.2, -0.15) is 0 Å². The summed E-state index contributed by atoms with van der Waals surface area (Å²) in [6.45, 7) is 0. The summed E-state index contributed by atoms with van der Waals surface area (Å²) in [6.07, 6.45) is -1.10. The maximum absolute atomic E-state index is 13.7. The van der Waals surface area contributed by atoms with E-state index in [4.69, 9.17) is 0 Å². The first-order chi connectivity index (χ1) is 12.7. The standard InChI is InChI=1S/C17H19F2NO7/c1-25-14(22)8-11(16(23)26-2)15(17(24)27-3)20-13(21)6-9-4-5-10(18)7-12(9)19/h4-5,7,11,15H,6,8H2,1-3H3,(H,20,21)/t11-,15-/m1/s1. The van der Waals surface area contributed by atoms with Crippen LogP contribution in [0.25, 0.3) is 0 Å². The fourth-order valence-corrected chi connectivity index (χ4v) is 2.26. The molecule has 1 aromatic rings. The van der Waals surface area contributed by atoms with E-state index in [0.717, 1.165) is 33.5 Å². The average molecular weight is 387 g/mol. The van der Waals surface area contributed by atoms with Crippen LogP contribution in [0.5, 0.6) is 0 Å². The number of methoxy groups -OCH3 is 3. The van der Waals surface area contributed by atoms with E-state index in [1.54, 1.807) is 0 Å². The van der Waals surface area contributed by atoms with Gasteiger partial charge < -0.3 is 19.5 Å². The Bertz CT molecular complexity index is 723. The third kappa shape index (κ3) is 6.32. The molecule has 148 valence electrons. The number of benzene rings is 1. The van der Waals surface area contributed by atoms with Gasteiger partial charge in [0.15, 0.2) is 0 Å². The molecule has 0 heterocycles. The number of hydrogen-bond donors (Lipinski definition) is 1. The predicted octanol–water partition coefficient (Wildman–Crippen LogP) is 0.517. The lowest BCUT2D eigenvalue weighted by Gasteiger charge is -2.23. The van der Waals surface area contributed by atoms with Crippen LogP contribution < -0.4 is 5.32 Å². The largest absolute Gasteiger partial charge is 0.469 e. The molecule has 0 aliphatic carbocycles. The van der Waals surface area contributed by atoms with Gasteiger partial charge in [-0.15, -0.1) is 0 Å². The molecule has 0 fully saturated rings. The van der Waals surface area contributed by atoms with Crippen LogP contribution in [-0.4, -0.2) is 51.2 Å². The molecule has 27 heavy (non-hydrogen) atoms. The minimum Gasteiger partial charge on any atom is -0.469 e. The highest BCUT2D eigenvalue weighted by atomic mass is 19.1. The zero-order valence-corrected chi connectivity index (χ0v) is 14.9. The van der Waals surface area contributed by atoms with E-state index in [1.165, 1.54) is 0 Å².